The van der Waals surface area contributed by atoms with E-state index in [1.54, 1.807) is 17.8 Å². The molecule has 0 radical (unpaired) electrons. The second kappa shape index (κ2) is 8.81. The molecule has 7 heteroatoms. The summed E-state index contributed by atoms with van der Waals surface area (Å²) in [5.74, 6) is 0.748. The third-order valence-corrected chi connectivity index (χ3v) is 6.12. The summed E-state index contributed by atoms with van der Waals surface area (Å²) >= 11 is 1.38. The smallest absolute Gasteiger partial charge is 0.234 e. The van der Waals surface area contributed by atoms with Gasteiger partial charge in [0.05, 0.1) is 29.8 Å². The summed E-state index contributed by atoms with van der Waals surface area (Å²) in [6.45, 7) is 6.17. The van der Waals surface area contributed by atoms with Gasteiger partial charge in [-0.05, 0) is 61.7 Å². The Morgan fingerprint density at radius 3 is 2.71 bits per heavy atom. The number of hydrogen-bond donors (Lipinski definition) is 1. The quantitative estimate of drug-likeness (QED) is 0.431. The molecule has 31 heavy (non-hydrogen) atoms. The van der Waals surface area contributed by atoms with E-state index in [9.17, 15) is 4.79 Å². The lowest BCUT2D eigenvalue weighted by molar-refractivity contribution is -0.113. The van der Waals surface area contributed by atoms with Crippen LogP contribution in [0, 0.1) is 20.8 Å². The molecule has 0 saturated carbocycles. The summed E-state index contributed by atoms with van der Waals surface area (Å²) < 4.78 is 7.14. The zero-order chi connectivity index (χ0) is 22.0. The molecule has 4 rings (SSSR count). The number of aryl methyl sites for hydroxylation is 3. The third kappa shape index (κ3) is 4.56. The second-order valence-electron chi connectivity index (χ2n) is 7.43. The Morgan fingerprint density at radius 1 is 1.10 bits per heavy atom. The summed E-state index contributed by atoms with van der Waals surface area (Å²) in [4.78, 5) is 17.0. The number of carbonyl (C=O) groups excluding carboxylic acids is 1. The second-order valence-corrected chi connectivity index (χ2v) is 8.40. The van der Waals surface area contributed by atoms with Crippen LogP contribution in [0.1, 0.15) is 16.7 Å². The van der Waals surface area contributed by atoms with Crippen LogP contribution in [0.5, 0.6) is 5.75 Å². The van der Waals surface area contributed by atoms with E-state index in [4.69, 9.17) is 4.74 Å². The highest BCUT2D eigenvalue weighted by atomic mass is 32.2. The minimum atomic E-state index is -0.119. The van der Waals surface area contributed by atoms with E-state index in [-0.39, 0.29) is 11.7 Å². The van der Waals surface area contributed by atoms with E-state index in [1.165, 1.54) is 22.9 Å². The molecule has 4 aromatic rings. The van der Waals surface area contributed by atoms with Crippen LogP contribution in [-0.4, -0.2) is 33.4 Å². The van der Waals surface area contributed by atoms with E-state index in [0.29, 0.717) is 11.4 Å². The van der Waals surface area contributed by atoms with Crippen LogP contribution in [0.4, 0.5) is 5.69 Å². The molecule has 0 unspecified atom stereocenters. The van der Waals surface area contributed by atoms with Crippen molar-refractivity contribution in [3.05, 3.63) is 71.5 Å². The van der Waals surface area contributed by atoms with E-state index in [2.05, 4.69) is 47.4 Å². The van der Waals surface area contributed by atoms with Gasteiger partial charge in [0.2, 0.25) is 5.91 Å². The molecule has 2 aromatic carbocycles. The Bertz CT molecular complexity index is 1270. The van der Waals surface area contributed by atoms with Crippen LogP contribution in [-0.2, 0) is 4.79 Å². The molecular formula is C24H24N4O2S. The van der Waals surface area contributed by atoms with Gasteiger partial charge in [-0.3, -0.25) is 4.79 Å². The van der Waals surface area contributed by atoms with Gasteiger partial charge in [-0.25, -0.2) is 9.50 Å². The van der Waals surface area contributed by atoms with Gasteiger partial charge in [-0.15, -0.1) is 0 Å². The number of thioether (sulfide) groups is 1. The standard InChI is InChI=1S/C24H24N4O2S/c1-15-5-8-22(30-4)20(11-15)26-23(29)14-31-24-21-13-19(27-28(21)10-9-25-24)18-7-6-16(2)17(3)12-18/h5-13H,14H2,1-4H3,(H,26,29). The Morgan fingerprint density at radius 2 is 1.94 bits per heavy atom. The molecule has 0 saturated heterocycles. The Balaban J connectivity index is 1.52. The number of benzene rings is 2. The average Bonchev–Trinajstić information content (AvgIpc) is 3.19. The van der Waals surface area contributed by atoms with Gasteiger partial charge >= 0.3 is 0 Å². The number of methoxy groups -OCH3 is 1. The van der Waals surface area contributed by atoms with Gasteiger partial charge in [-0.2, -0.15) is 5.10 Å². The molecule has 1 amide bonds. The van der Waals surface area contributed by atoms with Gasteiger partial charge in [0.25, 0.3) is 0 Å². The topological polar surface area (TPSA) is 68.5 Å². The van der Waals surface area contributed by atoms with Crippen molar-refractivity contribution in [3.8, 4) is 17.0 Å². The first-order chi connectivity index (χ1) is 14.9. The number of nitrogens with zero attached hydrogens (tertiary/aromatic N) is 3. The minimum Gasteiger partial charge on any atom is -0.495 e. The van der Waals surface area contributed by atoms with Crippen molar-refractivity contribution in [2.24, 2.45) is 0 Å². The zero-order valence-electron chi connectivity index (χ0n) is 18.0. The van der Waals surface area contributed by atoms with Gasteiger partial charge in [0, 0.05) is 18.0 Å². The SMILES string of the molecule is COc1ccc(C)cc1NC(=O)CSc1nccn2nc(-c3ccc(C)c(C)c3)cc12. The molecule has 6 nitrogen and oxygen atoms in total. The van der Waals surface area contributed by atoms with E-state index in [0.717, 1.165) is 27.4 Å². The Kier molecular flexibility index (Phi) is 5.95. The van der Waals surface area contributed by atoms with Crippen molar-refractivity contribution < 1.29 is 9.53 Å². The summed E-state index contributed by atoms with van der Waals surface area (Å²) in [6, 6.07) is 14.0. The van der Waals surface area contributed by atoms with Crippen molar-refractivity contribution in [2.45, 2.75) is 25.8 Å². The number of aromatic nitrogens is 3. The van der Waals surface area contributed by atoms with Crippen LogP contribution >= 0.6 is 11.8 Å². The van der Waals surface area contributed by atoms with Crippen LogP contribution in [0.3, 0.4) is 0 Å². The first-order valence-corrected chi connectivity index (χ1v) is 10.9. The number of carbonyl (C=O) groups is 1. The molecule has 0 bridgehead atoms. The van der Waals surface area contributed by atoms with Crippen LogP contribution in [0.25, 0.3) is 16.8 Å². The first-order valence-electron chi connectivity index (χ1n) is 9.94. The zero-order valence-corrected chi connectivity index (χ0v) is 18.8. The van der Waals surface area contributed by atoms with Crippen molar-refractivity contribution in [2.75, 3.05) is 18.2 Å². The van der Waals surface area contributed by atoms with E-state index >= 15 is 0 Å². The molecule has 158 valence electrons. The lowest BCUT2D eigenvalue weighted by Gasteiger charge is -2.11. The van der Waals surface area contributed by atoms with Gasteiger partial charge < -0.3 is 10.1 Å². The summed E-state index contributed by atoms with van der Waals surface area (Å²) in [5, 5.41) is 8.38. The predicted molar refractivity (Wildman–Crippen MR) is 125 cm³/mol. The average molecular weight is 433 g/mol. The van der Waals surface area contributed by atoms with Gasteiger partial charge in [-0.1, -0.05) is 30.0 Å². The molecule has 0 aliphatic heterocycles. The van der Waals surface area contributed by atoms with E-state index < -0.39 is 0 Å². The highest BCUT2D eigenvalue weighted by molar-refractivity contribution is 8.00. The normalized spacial score (nSPS) is 11.0. The fourth-order valence-electron chi connectivity index (χ4n) is 3.29. The van der Waals surface area contributed by atoms with Gasteiger partial charge in [0.15, 0.2) is 0 Å². The number of hydrogen-bond acceptors (Lipinski definition) is 5. The minimum absolute atomic E-state index is 0.119. The highest BCUT2D eigenvalue weighted by Gasteiger charge is 2.13. The molecule has 0 aliphatic rings. The number of anilines is 1. The molecule has 0 atom stereocenters. The number of rotatable bonds is 6. The van der Waals surface area contributed by atoms with Crippen LogP contribution in [0.15, 0.2) is 59.9 Å². The molecule has 2 heterocycles. The number of amides is 1. The first kappa shape index (κ1) is 20.9. The van der Waals surface area contributed by atoms with Crippen LogP contribution < -0.4 is 10.1 Å². The molecule has 0 fully saturated rings. The van der Waals surface area contributed by atoms with Gasteiger partial charge in [0.1, 0.15) is 10.8 Å². The van der Waals surface area contributed by atoms with Crippen molar-refractivity contribution in [3.63, 3.8) is 0 Å². The maximum Gasteiger partial charge on any atom is 0.234 e. The molecule has 1 N–H and O–H groups in total. The lowest BCUT2D eigenvalue weighted by Crippen LogP contribution is -2.15. The highest BCUT2D eigenvalue weighted by Crippen LogP contribution is 2.28. The summed E-state index contributed by atoms with van der Waals surface area (Å²) in [7, 11) is 1.59. The van der Waals surface area contributed by atoms with Crippen molar-refractivity contribution in [1.29, 1.82) is 0 Å². The molecule has 0 spiro atoms. The maximum atomic E-state index is 12.6. The Hall–Kier alpha value is -3.32. The summed E-state index contributed by atoms with van der Waals surface area (Å²) in [5.41, 5.74) is 7.02. The lowest BCUT2D eigenvalue weighted by atomic mass is 10.0. The van der Waals surface area contributed by atoms with E-state index in [1.807, 2.05) is 37.4 Å². The number of ether oxygens (including phenoxy) is 1. The number of fused-ring (bicyclic) bond motifs is 1. The fraction of sp³-hybridized carbons (Fsp3) is 0.208. The number of nitrogens with one attached hydrogen (secondary N) is 1. The summed E-state index contributed by atoms with van der Waals surface area (Å²) in [6.07, 6.45) is 3.52. The molecule has 0 aliphatic carbocycles. The Labute approximate surface area is 185 Å². The predicted octanol–water partition coefficient (Wildman–Crippen LogP) is 5.06. The fourth-order valence-corrected chi connectivity index (χ4v) is 4.07. The van der Waals surface area contributed by atoms with Crippen molar-refractivity contribution in [1.82, 2.24) is 14.6 Å². The van der Waals surface area contributed by atoms with Crippen molar-refractivity contribution >= 4 is 28.9 Å². The monoisotopic (exact) mass is 432 g/mol. The van der Waals surface area contributed by atoms with Crippen LogP contribution in [0.2, 0.25) is 0 Å². The molecular weight excluding hydrogens is 408 g/mol. The molecule has 2 aromatic heterocycles. The maximum absolute atomic E-state index is 12.6. The largest absolute Gasteiger partial charge is 0.495 e. The third-order valence-electron chi connectivity index (χ3n) is 5.13.